The van der Waals surface area contributed by atoms with Crippen LogP contribution in [0.3, 0.4) is 0 Å². The van der Waals surface area contributed by atoms with E-state index in [-0.39, 0.29) is 60.9 Å². The molecule has 6 rings (SSSR count). The molecular weight excluding hydrogens is 572 g/mol. The van der Waals surface area contributed by atoms with Crippen LogP contribution in [0.2, 0.25) is 0 Å². The summed E-state index contributed by atoms with van der Waals surface area (Å²) in [4.78, 5) is 59.4. The number of carbonyl (C=O) groups is 4. The number of hydrogen-bond acceptors (Lipinski definition) is 6. The topological polar surface area (TPSA) is 130 Å². The molecule has 10 heteroatoms. The fourth-order valence-electron chi connectivity index (χ4n) is 7.41. The predicted octanol–water partition coefficient (Wildman–Crippen LogP) is 3.99. The van der Waals surface area contributed by atoms with E-state index in [1.807, 2.05) is 48.5 Å². The molecular formula is C35H42N4O6. The van der Waals surface area contributed by atoms with Crippen molar-refractivity contribution in [3.05, 3.63) is 65.9 Å². The Kier molecular flexibility index (Phi) is 9.49. The number of hydrogen-bond donors (Lipinski definition) is 3. The van der Waals surface area contributed by atoms with Gasteiger partial charge in [0.15, 0.2) is 5.78 Å². The third-order valence-corrected chi connectivity index (χ3v) is 9.72. The fourth-order valence-corrected chi connectivity index (χ4v) is 7.41. The van der Waals surface area contributed by atoms with Crippen LogP contribution in [-0.2, 0) is 25.7 Å². The van der Waals surface area contributed by atoms with E-state index in [1.165, 1.54) is 0 Å². The van der Waals surface area contributed by atoms with Gasteiger partial charge in [-0.2, -0.15) is 0 Å². The van der Waals surface area contributed by atoms with Crippen LogP contribution in [0.5, 0.6) is 5.75 Å². The number of nitrogens with one attached hydrogen (secondary N) is 3. The van der Waals surface area contributed by atoms with Gasteiger partial charge in [-0.3, -0.25) is 19.2 Å². The largest absolute Gasteiger partial charge is 0.496 e. The molecule has 5 atom stereocenters. The molecule has 0 radical (unpaired) electrons. The number of methoxy groups -OCH3 is 1. The highest BCUT2D eigenvalue weighted by molar-refractivity contribution is 6.02. The number of nitrogens with zero attached hydrogens (tertiary/aromatic N) is 1. The van der Waals surface area contributed by atoms with Gasteiger partial charge in [-0.05, 0) is 67.7 Å². The Morgan fingerprint density at radius 2 is 1.84 bits per heavy atom. The first kappa shape index (κ1) is 30.8. The molecule has 1 aliphatic carbocycles. The van der Waals surface area contributed by atoms with Crippen molar-refractivity contribution in [3.8, 4) is 5.75 Å². The van der Waals surface area contributed by atoms with Crippen molar-refractivity contribution >= 4 is 34.4 Å². The molecule has 2 aliphatic heterocycles. The summed E-state index contributed by atoms with van der Waals surface area (Å²) in [6.45, 7) is 1.17. The molecule has 10 nitrogen and oxygen atoms in total. The van der Waals surface area contributed by atoms with E-state index >= 15 is 0 Å². The molecule has 3 N–H and O–H groups in total. The van der Waals surface area contributed by atoms with Crippen molar-refractivity contribution < 1.29 is 28.7 Å². The predicted molar refractivity (Wildman–Crippen MR) is 169 cm³/mol. The summed E-state index contributed by atoms with van der Waals surface area (Å²) in [5, 5.41) is 6.70. The maximum absolute atomic E-state index is 14.2. The lowest BCUT2D eigenvalue weighted by Gasteiger charge is -2.32. The van der Waals surface area contributed by atoms with Gasteiger partial charge in [0.1, 0.15) is 24.1 Å². The Balaban J connectivity index is 1.22. The van der Waals surface area contributed by atoms with E-state index in [2.05, 4.69) is 15.6 Å². The Labute approximate surface area is 263 Å². The maximum Gasteiger partial charge on any atom is 0.271 e. The van der Waals surface area contributed by atoms with Gasteiger partial charge in [-0.15, -0.1) is 0 Å². The normalized spacial score (nSPS) is 23.7. The number of fused-ring (bicyclic) bond motifs is 2. The number of ether oxygens (including phenoxy) is 2. The van der Waals surface area contributed by atoms with Gasteiger partial charge < -0.3 is 30.0 Å². The molecule has 3 heterocycles. The summed E-state index contributed by atoms with van der Waals surface area (Å²) in [7, 11) is 1.59. The van der Waals surface area contributed by atoms with Gasteiger partial charge in [0.2, 0.25) is 11.8 Å². The number of aromatic amines is 1. The average Bonchev–Trinajstić information content (AvgIpc) is 3.68. The van der Waals surface area contributed by atoms with Gasteiger partial charge in [-0.1, -0.05) is 49.2 Å². The molecule has 2 aromatic carbocycles. The highest BCUT2D eigenvalue weighted by Gasteiger charge is 2.49. The molecule has 1 aromatic heterocycles. The van der Waals surface area contributed by atoms with E-state index in [0.29, 0.717) is 31.0 Å². The van der Waals surface area contributed by atoms with Crippen molar-refractivity contribution in [1.29, 1.82) is 0 Å². The minimum Gasteiger partial charge on any atom is -0.496 e. The molecule has 4 unspecified atom stereocenters. The molecule has 45 heavy (non-hydrogen) atoms. The van der Waals surface area contributed by atoms with E-state index < -0.39 is 12.1 Å². The summed E-state index contributed by atoms with van der Waals surface area (Å²) >= 11 is 0. The molecule has 238 valence electrons. The van der Waals surface area contributed by atoms with E-state index in [0.717, 1.165) is 48.6 Å². The first-order valence-electron chi connectivity index (χ1n) is 16.1. The maximum atomic E-state index is 14.2. The van der Waals surface area contributed by atoms with Crippen molar-refractivity contribution in [2.45, 2.75) is 63.6 Å². The minimum absolute atomic E-state index is 0.00433. The van der Waals surface area contributed by atoms with Crippen LogP contribution in [0.4, 0.5) is 0 Å². The lowest BCUT2D eigenvalue weighted by Crippen LogP contribution is -2.54. The molecule has 3 amide bonds. The van der Waals surface area contributed by atoms with E-state index in [1.54, 1.807) is 18.1 Å². The van der Waals surface area contributed by atoms with Crippen LogP contribution in [0, 0.1) is 17.8 Å². The summed E-state index contributed by atoms with van der Waals surface area (Å²) in [5.41, 5.74) is 2.12. The number of ketones is 1. The van der Waals surface area contributed by atoms with Crippen molar-refractivity contribution in [3.63, 3.8) is 0 Å². The lowest BCUT2D eigenvalue weighted by atomic mass is 9.78. The van der Waals surface area contributed by atoms with Gasteiger partial charge in [0, 0.05) is 29.9 Å². The second kappa shape index (κ2) is 13.9. The van der Waals surface area contributed by atoms with Crippen LogP contribution in [0.25, 0.3) is 10.9 Å². The average molecular weight is 615 g/mol. The summed E-state index contributed by atoms with van der Waals surface area (Å²) in [6.07, 6.45) is 5.53. The van der Waals surface area contributed by atoms with Crippen LogP contribution in [-0.4, -0.2) is 72.3 Å². The monoisotopic (exact) mass is 614 g/mol. The molecule has 1 saturated carbocycles. The van der Waals surface area contributed by atoms with Crippen LogP contribution < -0.4 is 15.4 Å². The Bertz CT molecular complexity index is 1540. The number of amides is 3. The number of likely N-dealkylation sites (tertiary alicyclic amines) is 1. The molecule has 3 aromatic rings. The lowest BCUT2D eigenvalue weighted by molar-refractivity contribution is -0.135. The third-order valence-electron chi connectivity index (χ3n) is 9.72. The Morgan fingerprint density at radius 3 is 2.64 bits per heavy atom. The number of carbonyl (C=O) groups excluding carboxylic acids is 4. The fraction of sp³-hybridized carbons (Fsp3) is 0.486. The van der Waals surface area contributed by atoms with Gasteiger partial charge >= 0.3 is 0 Å². The van der Waals surface area contributed by atoms with Crippen molar-refractivity contribution in [2.24, 2.45) is 17.8 Å². The first-order chi connectivity index (χ1) is 21.9. The Hall–Kier alpha value is -4.18. The van der Waals surface area contributed by atoms with Crippen LogP contribution >= 0.6 is 0 Å². The first-order valence-corrected chi connectivity index (χ1v) is 16.1. The third kappa shape index (κ3) is 6.76. The van der Waals surface area contributed by atoms with Crippen molar-refractivity contribution in [1.82, 2.24) is 20.5 Å². The number of rotatable bonds is 11. The standard InChI is InChI=1S/C35H42N4O6/c1-44-31-15-7-14-27-26(31)18-29(37-27)35(43)39-19-24-11-5-6-13-25(24)32(39)34(42)38-28(17-23-12-8-16-36-33(23)41)30(40)21-45-20-22-9-3-2-4-10-22/h2-4,7,9-10,14-15,18,23-25,28,32,37H,5-6,8,11-13,16-17,19-21H2,1H3,(H,36,41)(H,38,42)/t23?,24?,25?,28?,32-/m1/s1. The highest BCUT2D eigenvalue weighted by atomic mass is 16.5. The smallest absolute Gasteiger partial charge is 0.271 e. The number of piperidine rings is 1. The summed E-state index contributed by atoms with van der Waals surface area (Å²) in [5.74, 6) is -0.474. The minimum atomic E-state index is -0.904. The van der Waals surface area contributed by atoms with Crippen LogP contribution in [0.15, 0.2) is 54.6 Å². The summed E-state index contributed by atoms with van der Waals surface area (Å²) < 4.78 is 11.2. The second-order valence-electron chi connectivity index (χ2n) is 12.6. The zero-order chi connectivity index (χ0) is 31.3. The number of aromatic nitrogens is 1. The van der Waals surface area contributed by atoms with E-state index in [4.69, 9.17) is 9.47 Å². The van der Waals surface area contributed by atoms with E-state index in [9.17, 15) is 19.2 Å². The molecule has 3 fully saturated rings. The quantitative estimate of drug-likeness (QED) is 0.300. The van der Waals surface area contributed by atoms with Gasteiger partial charge in [0.05, 0.1) is 19.8 Å². The molecule has 0 spiro atoms. The molecule has 2 saturated heterocycles. The Morgan fingerprint density at radius 1 is 1.02 bits per heavy atom. The molecule has 3 aliphatic rings. The van der Waals surface area contributed by atoms with Gasteiger partial charge in [0.25, 0.3) is 5.91 Å². The summed E-state index contributed by atoms with van der Waals surface area (Å²) in [6, 6.07) is 15.3. The molecule has 0 bridgehead atoms. The van der Waals surface area contributed by atoms with Crippen LogP contribution in [0.1, 0.15) is 61.0 Å². The zero-order valence-electron chi connectivity index (χ0n) is 25.8. The zero-order valence-corrected chi connectivity index (χ0v) is 25.8. The van der Waals surface area contributed by atoms with Gasteiger partial charge in [-0.25, -0.2) is 0 Å². The highest BCUT2D eigenvalue weighted by Crippen LogP contribution is 2.41. The SMILES string of the molecule is COc1cccc2[nH]c(C(=O)N3CC4CCCCC4[C@@H]3C(=O)NC(CC3CCCNC3=O)C(=O)COCc3ccccc3)cc12. The van der Waals surface area contributed by atoms with Crippen molar-refractivity contribution in [2.75, 3.05) is 26.8 Å². The number of H-pyrrole nitrogens is 1. The second-order valence-corrected chi connectivity index (χ2v) is 12.6. The number of benzene rings is 2. The number of Topliss-reactive ketones (excluding diaryl/α,β-unsaturated/α-hetero) is 1.